The Kier molecular flexibility index (Phi) is 8.35. The van der Waals surface area contributed by atoms with E-state index in [-0.39, 0.29) is 5.91 Å². The molecule has 24 heavy (non-hydrogen) atoms. The molecule has 1 aliphatic rings. The first-order chi connectivity index (χ1) is 11.7. The molecular weight excluding hydrogens is 294 g/mol. The van der Waals surface area contributed by atoms with Gasteiger partial charge in [0.25, 0.3) is 5.91 Å². The highest BCUT2D eigenvalue weighted by Crippen LogP contribution is 2.18. The fourth-order valence-electron chi connectivity index (χ4n) is 3.60. The molecule has 0 aromatic heterocycles. The predicted octanol–water partition coefficient (Wildman–Crippen LogP) is 6.21. The van der Waals surface area contributed by atoms with Gasteiger partial charge in [0.1, 0.15) is 0 Å². The molecule has 2 heteroatoms. The highest BCUT2D eigenvalue weighted by molar-refractivity contribution is 5.94. The van der Waals surface area contributed by atoms with Gasteiger partial charge in [-0.15, -0.1) is 0 Å². The van der Waals surface area contributed by atoms with Crippen LogP contribution in [0.15, 0.2) is 24.3 Å². The van der Waals surface area contributed by atoms with Crippen molar-refractivity contribution in [3.63, 3.8) is 0 Å². The molecule has 2 nitrogen and oxygen atoms in total. The van der Waals surface area contributed by atoms with E-state index in [0.29, 0.717) is 12.0 Å². The maximum Gasteiger partial charge on any atom is 0.251 e. The third-order valence-electron chi connectivity index (χ3n) is 5.28. The number of hydrogen-bond donors (Lipinski definition) is 1. The molecular formula is C22H35NO. The fraction of sp³-hybridized carbons (Fsp3) is 0.682. The van der Waals surface area contributed by atoms with Crippen molar-refractivity contribution < 1.29 is 4.79 Å². The highest BCUT2D eigenvalue weighted by Gasteiger charge is 2.14. The molecule has 1 aliphatic carbocycles. The van der Waals surface area contributed by atoms with Crippen LogP contribution >= 0.6 is 0 Å². The van der Waals surface area contributed by atoms with Crippen LogP contribution in [-0.4, -0.2) is 11.9 Å². The van der Waals surface area contributed by atoms with Gasteiger partial charge in [-0.2, -0.15) is 0 Å². The van der Waals surface area contributed by atoms with Crippen molar-refractivity contribution in [2.45, 2.75) is 96.4 Å². The average molecular weight is 330 g/mol. The third-order valence-corrected chi connectivity index (χ3v) is 5.28. The largest absolute Gasteiger partial charge is 0.349 e. The van der Waals surface area contributed by atoms with Gasteiger partial charge < -0.3 is 5.32 Å². The van der Waals surface area contributed by atoms with Crippen molar-refractivity contribution in [3.8, 4) is 0 Å². The van der Waals surface area contributed by atoms with Gasteiger partial charge in [-0.05, 0) is 36.5 Å². The van der Waals surface area contributed by atoms with Crippen molar-refractivity contribution in [3.05, 3.63) is 35.4 Å². The number of carbonyl (C=O) groups excluding carboxylic acids is 1. The molecule has 0 heterocycles. The number of nitrogens with one attached hydrogen (secondary N) is 1. The molecule has 0 atom stereocenters. The molecule has 0 saturated heterocycles. The smallest absolute Gasteiger partial charge is 0.251 e. The standard InChI is InChI=1S/C22H35NO/c1-18(2)19-14-16-20(17-15-19)22(24)23-21-12-10-8-6-4-3-5-7-9-11-13-21/h14-18,21H,3-13H2,1-2H3,(H,23,24). The number of rotatable bonds is 3. The summed E-state index contributed by atoms with van der Waals surface area (Å²) in [5.41, 5.74) is 2.09. The van der Waals surface area contributed by atoms with Crippen LogP contribution in [0, 0.1) is 0 Å². The quantitative estimate of drug-likeness (QED) is 0.701. The summed E-state index contributed by atoms with van der Waals surface area (Å²) in [5.74, 6) is 0.607. The molecule has 1 saturated carbocycles. The van der Waals surface area contributed by atoms with E-state index in [9.17, 15) is 4.79 Å². The predicted molar refractivity (Wildman–Crippen MR) is 103 cm³/mol. The minimum absolute atomic E-state index is 0.0994. The maximum atomic E-state index is 12.6. The van der Waals surface area contributed by atoms with E-state index in [1.807, 2.05) is 12.1 Å². The van der Waals surface area contributed by atoms with Gasteiger partial charge in [0.15, 0.2) is 0 Å². The molecule has 1 aromatic rings. The number of amides is 1. The highest BCUT2D eigenvalue weighted by atomic mass is 16.1. The van der Waals surface area contributed by atoms with Gasteiger partial charge in [0, 0.05) is 11.6 Å². The van der Waals surface area contributed by atoms with Crippen LogP contribution < -0.4 is 5.32 Å². The van der Waals surface area contributed by atoms with Crippen LogP contribution in [0.3, 0.4) is 0 Å². The van der Waals surface area contributed by atoms with Crippen LogP contribution in [0.1, 0.15) is 106 Å². The number of benzene rings is 1. The Morgan fingerprint density at radius 2 is 1.29 bits per heavy atom. The van der Waals surface area contributed by atoms with Crippen LogP contribution in [0.2, 0.25) is 0 Å². The summed E-state index contributed by atoms with van der Waals surface area (Å²) < 4.78 is 0. The summed E-state index contributed by atoms with van der Waals surface area (Å²) in [6, 6.07) is 8.46. The summed E-state index contributed by atoms with van der Waals surface area (Å²) in [6.45, 7) is 4.36. The Balaban J connectivity index is 1.88. The topological polar surface area (TPSA) is 29.1 Å². The Bertz CT molecular complexity index is 465. The Hall–Kier alpha value is -1.31. The van der Waals surface area contributed by atoms with Gasteiger partial charge in [0.2, 0.25) is 0 Å². The van der Waals surface area contributed by atoms with Crippen LogP contribution in [0.25, 0.3) is 0 Å². The Morgan fingerprint density at radius 1 is 0.833 bits per heavy atom. The average Bonchev–Trinajstić information content (AvgIpc) is 2.57. The van der Waals surface area contributed by atoms with E-state index in [1.165, 1.54) is 63.4 Å². The Labute approximate surface area is 148 Å². The molecule has 0 bridgehead atoms. The minimum Gasteiger partial charge on any atom is -0.349 e. The molecule has 1 aromatic carbocycles. The zero-order valence-electron chi connectivity index (χ0n) is 15.7. The molecule has 0 spiro atoms. The number of carbonyl (C=O) groups is 1. The lowest BCUT2D eigenvalue weighted by atomic mass is 9.97. The van der Waals surface area contributed by atoms with E-state index in [2.05, 4.69) is 31.3 Å². The lowest BCUT2D eigenvalue weighted by Crippen LogP contribution is -2.34. The molecule has 0 aliphatic heterocycles. The second-order valence-electron chi connectivity index (χ2n) is 7.71. The molecule has 1 N–H and O–H groups in total. The summed E-state index contributed by atoms with van der Waals surface area (Å²) in [5, 5.41) is 3.30. The van der Waals surface area contributed by atoms with Crippen LogP contribution in [0.5, 0.6) is 0 Å². The second kappa shape index (κ2) is 10.5. The van der Waals surface area contributed by atoms with Gasteiger partial charge in [-0.3, -0.25) is 4.79 Å². The number of hydrogen-bond acceptors (Lipinski definition) is 1. The van der Waals surface area contributed by atoms with E-state index in [0.717, 1.165) is 18.4 Å². The van der Waals surface area contributed by atoms with Gasteiger partial charge in [-0.25, -0.2) is 0 Å². The van der Waals surface area contributed by atoms with Crippen LogP contribution in [-0.2, 0) is 0 Å². The van der Waals surface area contributed by atoms with E-state index in [4.69, 9.17) is 0 Å². The first kappa shape index (κ1) is 19.0. The van der Waals surface area contributed by atoms with Crippen LogP contribution in [0.4, 0.5) is 0 Å². The SMILES string of the molecule is CC(C)c1ccc(C(=O)NC2CCCCCCCCCCC2)cc1. The lowest BCUT2D eigenvalue weighted by Gasteiger charge is -2.20. The molecule has 0 unspecified atom stereocenters. The van der Waals surface area contributed by atoms with Gasteiger partial charge in [0.05, 0.1) is 0 Å². The van der Waals surface area contributed by atoms with E-state index in [1.54, 1.807) is 0 Å². The fourth-order valence-corrected chi connectivity index (χ4v) is 3.60. The third kappa shape index (κ3) is 6.67. The van der Waals surface area contributed by atoms with E-state index < -0.39 is 0 Å². The summed E-state index contributed by atoms with van der Waals surface area (Å²) in [7, 11) is 0. The Morgan fingerprint density at radius 3 is 1.75 bits per heavy atom. The van der Waals surface area contributed by atoms with E-state index >= 15 is 0 Å². The van der Waals surface area contributed by atoms with Gasteiger partial charge >= 0.3 is 0 Å². The zero-order chi connectivity index (χ0) is 17.2. The molecule has 134 valence electrons. The van der Waals surface area contributed by atoms with Crippen molar-refractivity contribution in [1.82, 2.24) is 5.32 Å². The lowest BCUT2D eigenvalue weighted by molar-refractivity contribution is 0.0931. The minimum atomic E-state index is 0.0994. The normalized spacial score (nSPS) is 18.6. The van der Waals surface area contributed by atoms with Crippen molar-refractivity contribution in [2.24, 2.45) is 0 Å². The first-order valence-corrected chi connectivity index (χ1v) is 10.1. The van der Waals surface area contributed by atoms with Crippen molar-refractivity contribution >= 4 is 5.91 Å². The molecule has 1 fully saturated rings. The maximum absolute atomic E-state index is 12.6. The first-order valence-electron chi connectivity index (χ1n) is 10.1. The van der Waals surface area contributed by atoms with Crippen molar-refractivity contribution in [1.29, 1.82) is 0 Å². The van der Waals surface area contributed by atoms with Crippen molar-refractivity contribution in [2.75, 3.05) is 0 Å². The summed E-state index contributed by atoms with van der Waals surface area (Å²) in [4.78, 5) is 12.6. The molecule has 1 amide bonds. The molecule has 2 rings (SSSR count). The zero-order valence-corrected chi connectivity index (χ0v) is 15.7. The summed E-state index contributed by atoms with van der Waals surface area (Å²) >= 11 is 0. The monoisotopic (exact) mass is 329 g/mol. The second-order valence-corrected chi connectivity index (χ2v) is 7.71. The summed E-state index contributed by atoms with van der Waals surface area (Å²) in [6.07, 6.45) is 14.3. The van der Waals surface area contributed by atoms with Gasteiger partial charge in [-0.1, -0.05) is 83.8 Å². The molecule has 0 radical (unpaired) electrons.